The average Bonchev–Trinajstić information content (AvgIpc) is 3.03. The molecule has 1 aromatic carbocycles. The summed E-state index contributed by atoms with van der Waals surface area (Å²) in [6, 6.07) is 7.98. The van der Waals surface area contributed by atoms with Gasteiger partial charge in [-0.3, -0.25) is 9.69 Å². The summed E-state index contributed by atoms with van der Waals surface area (Å²) >= 11 is 0. The number of ether oxygens (including phenoxy) is 2. The van der Waals surface area contributed by atoms with Crippen molar-refractivity contribution in [3.63, 3.8) is 0 Å². The van der Waals surface area contributed by atoms with E-state index in [9.17, 15) is 9.59 Å². The number of piperazine rings is 1. The molecule has 0 spiro atoms. The van der Waals surface area contributed by atoms with Crippen LogP contribution in [0.2, 0.25) is 0 Å². The minimum atomic E-state index is -0.386. The summed E-state index contributed by atoms with van der Waals surface area (Å²) < 4.78 is 10.6. The van der Waals surface area contributed by atoms with Gasteiger partial charge in [-0.25, -0.2) is 4.79 Å². The van der Waals surface area contributed by atoms with Crippen LogP contribution in [0.1, 0.15) is 39.0 Å². The van der Waals surface area contributed by atoms with Crippen LogP contribution < -0.4 is 9.64 Å². The van der Waals surface area contributed by atoms with Gasteiger partial charge >= 0.3 is 5.97 Å². The van der Waals surface area contributed by atoms with Gasteiger partial charge in [0.25, 0.3) is 0 Å². The molecular formula is C22H29N3O4. The quantitative estimate of drug-likeness (QED) is 0.570. The van der Waals surface area contributed by atoms with Crippen molar-refractivity contribution in [3.8, 4) is 5.75 Å². The van der Waals surface area contributed by atoms with Crippen LogP contribution in [0.4, 0.5) is 5.69 Å². The van der Waals surface area contributed by atoms with Crippen molar-refractivity contribution in [3.05, 3.63) is 46.8 Å². The summed E-state index contributed by atoms with van der Waals surface area (Å²) in [6.45, 7) is 9.21. The molecule has 2 aromatic rings. The summed E-state index contributed by atoms with van der Waals surface area (Å²) in [5.41, 5.74) is 3.38. The number of Topliss-reactive ketones (excluding diaryl/α,β-unsaturated/α-hetero) is 1. The highest BCUT2D eigenvalue weighted by Crippen LogP contribution is 2.28. The number of hydrogen-bond acceptors (Lipinski definition) is 6. The zero-order chi connectivity index (χ0) is 21.0. The standard InChI is InChI=1S/C22H29N3O4/c1-5-29-22(27)20-15(2)21(23-16(20)3)18(26)14-24-10-12-25(13-11-24)17-8-6-7-9-19(17)28-4/h6-9,23H,5,10-14H2,1-4H3. The molecule has 0 amide bonds. The molecule has 156 valence electrons. The Morgan fingerprint density at radius 3 is 2.45 bits per heavy atom. The van der Waals surface area contributed by atoms with Crippen molar-refractivity contribution in [2.24, 2.45) is 0 Å². The Balaban J connectivity index is 1.63. The molecular weight excluding hydrogens is 370 g/mol. The molecule has 0 unspecified atom stereocenters. The largest absolute Gasteiger partial charge is 0.495 e. The van der Waals surface area contributed by atoms with E-state index in [0.29, 0.717) is 35.7 Å². The van der Waals surface area contributed by atoms with Crippen molar-refractivity contribution in [2.75, 3.05) is 51.3 Å². The Morgan fingerprint density at radius 2 is 1.79 bits per heavy atom. The van der Waals surface area contributed by atoms with Crippen molar-refractivity contribution >= 4 is 17.4 Å². The van der Waals surface area contributed by atoms with Gasteiger partial charge < -0.3 is 19.4 Å². The van der Waals surface area contributed by atoms with Crippen LogP contribution in [0.5, 0.6) is 5.75 Å². The Kier molecular flexibility index (Phi) is 6.59. The van der Waals surface area contributed by atoms with Gasteiger partial charge in [-0.2, -0.15) is 0 Å². The summed E-state index contributed by atoms with van der Waals surface area (Å²) in [6.07, 6.45) is 0. The summed E-state index contributed by atoms with van der Waals surface area (Å²) in [7, 11) is 1.68. The molecule has 0 aliphatic carbocycles. The van der Waals surface area contributed by atoms with E-state index in [0.717, 1.165) is 37.6 Å². The van der Waals surface area contributed by atoms with E-state index in [1.54, 1.807) is 27.9 Å². The highest BCUT2D eigenvalue weighted by Gasteiger charge is 2.26. The SMILES string of the molecule is CCOC(=O)c1c(C)[nH]c(C(=O)CN2CCN(c3ccccc3OC)CC2)c1C. The number of esters is 1. The number of carbonyl (C=O) groups excluding carboxylic acids is 2. The number of rotatable bonds is 7. The Hall–Kier alpha value is -2.80. The highest BCUT2D eigenvalue weighted by atomic mass is 16.5. The van der Waals surface area contributed by atoms with Gasteiger partial charge in [0.15, 0.2) is 5.78 Å². The topological polar surface area (TPSA) is 74.9 Å². The normalized spacial score (nSPS) is 14.7. The molecule has 1 saturated heterocycles. The van der Waals surface area contributed by atoms with Gasteiger partial charge in [-0.1, -0.05) is 12.1 Å². The first-order valence-electron chi connectivity index (χ1n) is 9.96. The lowest BCUT2D eigenvalue weighted by atomic mass is 10.1. The van der Waals surface area contributed by atoms with E-state index in [1.807, 2.05) is 18.2 Å². The van der Waals surface area contributed by atoms with Crippen LogP contribution >= 0.6 is 0 Å². The second-order valence-electron chi connectivity index (χ2n) is 7.20. The van der Waals surface area contributed by atoms with Crippen molar-refractivity contribution in [2.45, 2.75) is 20.8 Å². The average molecular weight is 399 g/mol. The number of carbonyl (C=O) groups is 2. The van der Waals surface area contributed by atoms with Crippen LogP contribution in [0, 0.1) is 13.8 Å². The summed E-state index contributed by atoms with van der Waals surface area (Å²) in [5.74, 6) is 0.469. The highest BCUT2D eigenvalue weighted by molar-refractivity contribution is 6.02. The van der Waals surface area contributed by atoms with Gasteiger partial charge in [-0.05, 0) is 38.5 Å². The predicted octanol–water partition coefficient (Wildman–Crippen LogP) is 2.82. The molecule has 1 N–H and O–H groups in total. The molecule has 7 heteroatoms. The number of nitrogens with one attached hydrogen (secondary N) is 1. The first-order valence-corrected chi connectivity index (χ1v) is 9.96. The van der Waals surface area contributed by atoms with Gasteiger partial charge in [0.05, 0.1) is 37.2 Å². The monoisotopic (exact) mass is 399 g/mol. The molecule has 29 heavy (non-hydrogen) atoms. The lowest BCUT2D eigenvalue weighted by Gasteiger charge is -2.36. The second kappa shape index (κ2) is 9.13. The molecule has 7 nitrogen and oxygen atoms in total. The number of benzene rings is 1. The molecule has 0 radical (unpaired) electrons. The fourth-order valence-electron chi connectivity index (χ4n) is 3.86. The Labute approximate surface area is 171 Å². The van der Waals surface area contributed by atoms with E-state index in [1.165, 1.54) is 0 Å². The first kappa shape index (κ1) is 20.9. The minimum absolute atomic E-state index is 0.00751. The number of aryl methyl sites for hydroxylation is 1. The molecule has 1 aliphatic heterocycles. The zero-order valence-corrected chi connectivity index (χ0v) is 17.6. The fourth-order valence-corrected chi connectivity index (χ4v) is 3.86. The molecule has 1 aliphatic rings. The molecule has 1 fully saturated rings. The number of H-pyrrole nitrogens is 1. The van der Waals surface area contributed by atoms with E-state index in [4.69, 9.17) is 9.47 Å². The molecule has 0 saturated carbocycles. The molecule has 0 atom stereocenters. The number of hydrogen-bond donors (Lipinski definition) is 1. The number of aromatic amines is 1. The summed E-state index contributed by atoms with van der Waals surface area (Å²) in [4.78, 5) is 32.5. The van der Waals surface area contributed by atoms with E-state index in [2.05, 4.69) is 20.9 Å². The second-order valence-corrected chi connectivity index (χ2v) is 7.20. The van der Waals surface area contributed by atoms with Crippen LogP contribution in [-0.2, 0) is 4.74 Å². The van der Waals surface area contributed by atoms with E-state index >= 15 is 0 Å². The number of methoxy groups -OCH3 is 1. The smallest absolute Gasteiger partial charge is 0.340 e. The van der Waals surface area contributed by atoms with Crippen LogP contribution in [0.15, 0.2) is 24.3 Å². The van der Waals surface area contributed by atoms with E-state index < -0.39 is 0 Å². The maximum Gasteiger partial charge on any atom is 0.340 e. The zero-order valence-electron chi connectivity index (χ0n) is 17.6. The van der Waals surface area contributed by atoms with E-state index in [-0.39, 0.29) is 11.8 Å². The maximum atomic E-state index is 12.9. The molecule has 2 heterocycles. The lowest BCUT2D eigenvalue weighted by molar-refractivity contribution is 0.0525. The minimum Gasteiger partial charge on any atom is -0.495 e. The Morgan fingerprint density at radius 1 is 1.10 bits per heavy atom. The van der Waals surface area contributed by atoms with Crippen LogP contribution in [0.3, 0.4) is 0 Å². The lowest BCUT2D eigenvalue weighted by Crippen LogP contribution is -2.48. The summed E-state index contributed by atoms with van der Waals surface area (Å²) in [5, 5.41) is 0. The molecule has 1 aromatic heterocycles. The van der Waals surface area contributed by atoms with Crippen molar-refractivity contribution in [1.82, 2.24) is 9.88 Å². The maximum absolute atomic E-state index is 12.9. The Bertz CT molecular complexity index is 882. The predicted molar refractivity (Wildman–Crippen MR) is 112 cm³/mol. The number of ketones is 1. The number of para-hydroxylation sites is 2. The number of nitrogens with zero attached hydrogens (tertiary/aromatic N) is 2. The first-order chi connectivity index (χ1) is 14.0. The third kappa shape index (κ3) is 4.45. The van der Waals surface area contributed by atoms with Crippen molar-refractivity contribution in [1.29, 1.82) is 0 Å². The van der Waals surface area contributed by atoms with Gasteiger partial charge in [-0.15, -0.1) is 0 Å². The van der Waals surface area contributed by atoms with Gasteiger partial charge in [0, 0.05) is 31.9 Å². The fraction of sp³-hybridized carbons (Fsp3) is 0.455. The molecule has 0 bridgehead atoms. The van der Waals surface area contributed by atoms with Crippen LogP contribution in [-0.4, -0.2) is 68.1 Å². The molecule has 3 rings (SSSR count). The van der Waals surface area contributed by atoms with Crippen molar-refractivity contribution < 1.29 is 19.1 Å². The van der Waals surface area contributed by atoms with Crippen LogP contribution in [0.25, 0.3) is 0 Å². The third-order valence-electron chi connectivity index (χ3n) is 5.36. The number of aromatic nitrogens is 1. The van der Waals surface area contributed by atoms with Gasteiger partial charge in [0.1, 0.15) is 5.75 Å². The van der Waals surface area contributed by atoms with Gasteiger partial charge in [0.2, 0.25) is 0 Å². The third-order valence-corrected chi connectivity index (χ3v) is 5.36. The number of anilines is 1.